The molecule has 23 heavy (non-hydrogen) atoms. The zero-order valence-electron chi connectivity index (χ0n) is 13.6. The van der Waals surface area contributed by atoms with Crippen LogP contribution in [-0.4, -0.2) is 13.2 Å². The van der Waals surface area contributed by atoms with Crippen molar-refractivity contribution in [3.63, 3.8) is 0 Å². The first-order valence-electron chi connectivity index (χ1n) is 8.06. The van der Waals surface area contributed by atoms with Crippen molar-refractivity contribution in [3.8, 4) is 19.5 Å². The van der Waals surface area contributed by atoms with Crippen LogP contribution in [0.25, 0.3) is 19.5 Å². The summed E-state index contributed by atoms with van der Waals surface area (Å²) in [6.07, 6.45) is 2.17. The lowest BCUT2D eigenvalue weighted by atomic mass is 10.1. The van der Waals surface area contributed by atoms with Gasteiger partial charge >= 0.3 is 0 Å². The van der Waals surface area contributed by atoms with Gasteiger partial charge < -0.3 is 4.74 Å². The minimum absolute atomic E-state index is 0.649. The molecule has 4 heteroatoms. The van der Waals surface area contributed by atoms with E-state index in [4.69, 9.17) is 4.74 Å². The van der Waals surface area contributed by atoms with E-state index in [0.717, 1.165) is 19.6 Å². The molecule has 0 aromatic carbocycles. The smallest absolute Gasteiger partial charge is 0.0507 e. The molecule has 1 atom stereocenters. The maximum atomic E-state index is 5.87. The molecule has 3 rings (SSSR count). The zero-order valence-corrected chi connectivity index (χ0v) is 16.0. The average molecular weight is 363 g/mol. The molecule has 0 aliphatic heterocycles. The van der Waals surface area contributed by atoms with E-state index in [1.807, 2.05) is 34.0 Å². The van der Waals surface area contributed by atoms with Crippen molar-refractivity contribution < 1.29 is 4.74 Å². The molecule has 0 aliphatic rings. The first kappa shape index (κ1) is 16.9. The molecule has 0 N–H and O–H groups in total. The maximum Gasteiger partial charge on any atom is 0.0507 e. The average Bonchev–Trinajstić information content (AvgIpc) is 3.31. The van der Waals surface area contributed by atoms with Gasteiger partial charge in [0.2, 0.25) is 0 Å². The van der Waals surface area contributed by atoms with Gasteiger partial charge in [-0.3, -0.25) is 0 Å². The Balaban J connectivity index is 1.75. The number of rotatable bonds is 8. The van der Waals surface area contributed by atoms with Gasteiger partial charge in [-0.15, -0.1) is 34.0 Å². The topological polar surface area (TPSA) is 9.23 Å². The van der Waals surface area contributed by atoms with Crippen LogP contribution in [-0.2, 0) is 11.2 Å². The quantitative estimate of drug-likeness (QED) is 0.400. The van der Waals surface area contributed by atoms with Crippen molar-refractivity contribution in [1.82, 2.24) is 0 Å². The Hall–Kier alpha value is -0.940. The van der Waals surface area contributed by atoms with Crippen molar-refractivity contribution in [1.29, 1.82) is 0 Å². The second-order valence-corrected chi connectivity index (χ2v) is 8.71. The zero-order chi connectivity index (χ0) is 16.1. The number of thiophene rings is 3. The normalized spacial score (nSPS) is 12.6. The van der Waals surface area contributed by atoms with Gasteiger partial charge in [-0.05, 0) is 46.9 Å². The van der Waals surface area contributed by atoms with E-state index < -0.39 is 0 Å². The third-order valence-corrected chi connectivity index (χ3v) is 7.23. The Morgan fingerprint density at radius 2 is 1.78 bits per heavy atom. The fraction of sp³-hybridized carbons (Fsp3) is 0.368. The summed E-state index contributed by atoms with van der Waals surface area (Å²) in [6.45, 7) is 6.14. The largest absolute Gasteiger partial charge is 0.381 e. The lowest BCUT2D eigenvalue weighted by Crippen LogP contribution is -2.07. The summed E-state index contributed by atoms with van der Waals surface area (Å²) in [5.74, 6) is 0.649. The highest BCUT2D eigenvalue weighted by Crippen LogP contribution is 2.41. The Labute approximate surface area is 150 Å². The summed E-state index contributed by atoms with van der Waals surface area (Å²) in [7, 11) is 0. The van der Waals surface area contributed by atoms with E-state index in [1.165, 1.54) is 31.5 Å². The molecule has 0 saturated carbocycles. The SMILES string of the molecule is CC[C@H](C)COCCc1cc(-c2cccs2)sc1-c1cccs1. The Bertz CT molecular complexity index is 695. The Morgan fingerprint density at radius 1 is 1.04 bits per heavy atom. The van der Waals surface area contributed by atoms with Crippen LogP contribution in [0.3, 0.4) is 0 Å². The van der Waals surface area contributed by atoms with Crippen molar-refractivity contribution in [2.75, 3.05) is 13.2 Å². The van der Waals surface area contributed by atoms with E-state index in [9.17, 15) is 0 Å². The summed E-state index contributed by atoms with van der Waals surface area (Å²) in [6, 6.07) is 11.0. The summed E-state index contributed by atoms with van der Waals surface area (Å²) in [5, 5.41) is 4.30. The van der Waals surface area contributed by atoms with E-state index in [-0.39, 0.29) is 0 Å². The van der Waals surface area contributed by atoms with Gasteiger partial charge in [-0.25, -0.2) is 0 Å². The van der Waals surface area contributed by atoms with Crippen LogP contribution in [0.5, 0.6) is 0 Å². The number of ether oxygens (including phenoxy) is 1. The van der Waals surface area contributed by atoms with Crippen LogP contribution in [0, 0.1) is 5.92 Å². The van der Waals surface area contributed by atoms with E-state index >= 15 is 0 Å². The third kappa shape index (κ3) is 4.32. The highest BCUT2D eigenvalue weighted by atomic mass is 32.1. The Kier molecular flexibility index (Phi) is 6.06. The molecule has 0 spiro atoms. The summed E-state index contributed by atoms with van der Waals surface area (Å²) < 4.78 is 5.87. The highest BCUT2D eigenvalue weighted by molar-refractivity contribution is 7.26. The molecule has 0 unspecified atom stereocenters. The Morgan fingerprint density at radius 3 is 2.43 bits per heavy atom. The van der Waals surface area contributed by atoms with Crippen LogP contribution < -0.4 is 0 Å². The van der Waals surface area contributed by atoms with Crippen LogP contribution in [0.4, 0.5) is 0 Å². The van der Waals surface area contributed by atoms with Crippen molar-refractivity contribution >= 4 is 34.0 Å². The molecular formula is C19H22OS3. The van der Waals surface area contributed by atoms with Crippen LogP contribution in [0.1, 0.15) is 25.8 Å². The second-order valence-electron chi connectivity index (χ2n) is 5.76. The monoisotopic (exact) mass is 362 g/mol. The summed E-state index contributed by atoms with van der Waals surface area (Å²) in [4.78, 5) is 5.52. The molecular weight excluding hydrogens is 340 g/mol. The van der Waals surface area contributed by atoms with Crippen molar-refractivity contribution in [3.05, 3.63) is 46.7 Å². The molecule has 0 saturated heterocycles. The van der Waals surface area contributed by atoms with Gasteiger partial charge in [0.1, 0.15) is 0 Å². The van der Waals surface area contributed by atoms with E-state index in [0.29, 0.717) is 5.92 Å². The molecule has 0 bridgehead atoms. The highest BCUT2D eigenvalue weighted by Gasteiger charge is 2.14. The second kappa shape index (κ2) is 8.25. The van der Waals surface area contributed by atoms with Gasteiger partial charge in [-0.2, -0.15) is 0 Å². The molecule has 0 radical (unpaired) electrons. The standard InChI is InChI=1S/C19H22OS3/c1-3-14(2)13-20-9-8-15-12-18(16-6-4-10-21-16)23-19(15)17-7-5-11-22-17/h4-7,10-12,14H,3,8-9,13H2,1-2H3/t14-/m0/s1. The lowest BCUT2D eigenvalue weighted by Gasteiger charge is -2.09. The van der Waals surface area contributed by atoms with Crippen LogP contribution >= 0.6 is 34.0 Å². The number of hydrogen-bond donors (Lipinski definition) is 0. The fourth-order valence-corrected chi connectivity index (χ4v) is 5.28. The summed E-state index contributed by atoms with van der Waals surface area (Å²) >= 11 is 5.54. The molecule has 0 amide bonds. The van der Waals surface area contributed by atoms with Gasteiger partial charge in [0.25, 0.3) is 0 Å². The first-order chi connectivity index (χ1) is 11.3. The van der Waals surface area contributed by atoms with Gasteiger partial charge in [0.05, 0.1) is 6.61 Å². The minimum atomic E-state index is 0.649. The van der Waals surface area contributed by atoms with Crippen molar-refractivity contribution in [2.24, 2.45) is 5.92 Å². The van der Waals surface area contributed by atoms with E-state index in [1.54, 1.807) is 0 Å². The molecule has 3 heterocycles. The molecule has 1 nitrogen and oxygen atoms in total. The van der Waals surface area contributed by atoms with Crippen molar-refractivity contribution in [2.45, 2.75) is 26.7 Å². The predicted octanol–water partition coefficient (Wildman–Crippen LogP) is 6.81. The maximum absolute atomic E-state index is 5.87. The fourth-order valence-electron chi connectivity index (χ4n) is 2.36. The molecule has 0 aliphatic carbocycles. The molecule has 122 valence electrons. The third-order valence-electron chi connectivity index (χ3n) is 3.93. The van der Waals surface area contributed by atoms with E-state index in [2.05, 4.69) is 54.9 Å². The molecule has 3 aromatic rings. The molecule has 3 aromatic heterocycles. The van der Waals surface area contributed by atoms with Gasteiger partial charge in [0, 0.05) is 26.1 Å². The van der Waals surface area contributed by atoms with Crippen LogP contribution in [0.15, 0.2) is 41.1 Å². The molecule has 0 fully saturated rings. The lowest BCUT2D eigenvalue weighted by molar-refractivity contribution is 0.106. The summed E-state index contributed by atoms with van der Waals surface area (Å²) in [5.41, 5.74) is 1.42. The van der Waals surface area contributed by atoms with Gasteiger partial charge in [0.15, 0.2) is 0 Å². The minimum Gasteiger partial charge on any atom is -0.381 e. The predicted molar refractivity (Wildman–Crippen MR) is 105 cm³/mol. The first-order valence-corrected chi connectivity index (χ1v) is 10.6. The number of hydrogen-bond acceptors (Lipinski definition) is 4. The van der Waals surface area contributed by atoms with Gasteiger partial charge in [-0.1, -0.05) is 32.4 Å². The van der Waals surface area contributed by atoms with Crippen LogP contribution in [0.2, 0.25) is 0 Å².